The van der Waals surface area contributed by atoms with E-state index in [2.05, 4.69) is 69.4 Å². The Labute approximate surface area is 635 Å². The molecule has 0 aliphatic rings. The van der Waals surface area contributed by atoms with Crippen LogP contribution in [0.15, 0.2) is 58.9 Å². The molecule has 108 heavy (non-hydrogen) atoms. The van der Waals surface area contributed by atoms with E-state index in [9.17, 15) is 46.5 Å². The van der Waals surface area contributed by atoms with Crippen molar-refractivity contribution in [3.8, 4) is 0 Å². The van der Waals surface area contributed by atoms with Crippen molar-refractivity contribution in [1.29, 1.82) is 0 Å². The standard InChI is InChI=1S/C12H18N4O3.C12H16N4O2.C11H13ClN4O.C11H14N4O2.C9H12O3S.C7H11N3.C6H9ClO3.C2H4O2/c1-7(5-10(17)19-4)12(18)15-11-9(3)14-6-8(2)16(11)13;1-7(5-10(17)18-4)11-14-12-9(3)13-6-8(2)16(12)15-11;1-6(4-9(12)17)10-14-11-8(3)13-5-7(2)16(11)15-10;1-6(4-9(16)17)10-13-11-8(3)12-5-7(2)15(11)14-10;1-6-4-7(2)9(8(3)5-6)13(10,11)12;1-5-3-4-6(2)10(9)7(5)8;1-4(6(7)9)3-5(8)10-2;1-2(3)4/h6-7H,5,13H2,1-4H3;6-7H,5H2,1-4H3;5-6H,4H2,1-3H3;5-6H,4H2,1-3H3,(H,16,17);4-5H,1-3H3,(H,10,11,12);3-4,8H,9H2,1-2H3;4H,3H2,1-2H3;1H3,(H,3,4). The third-order valence-electron chi connectivity index (χ3n) is 15.4. The van der Waals surface area contributed by atoms with Crippen LogP contribution < -0.4 is 27.6 Å². The van der Waals surface area contributed by atoms with E-state index in [-0.39, 0.29) is 66.0 Å². The predicted molar refractivity (Wildman–Crippen MR) is 398 cm³/mol. The number of carboxylic acid groups (broad SMARTS) is 2. The summed E-state index contributed by atoms with van der Waals surface area (Å²) in [6, 6.07) is 7.27. The third-order valence-corrected chi connectivity index (χ3v) is 17.1. The van der Waals surface area contributed by atoms with Crippen molar-refractivity contribution in [2.45, 2.75) is 186 Å². The van der Waals surface area contributed by atoms with Crippen LogP contribution in [-0.2, 0) is 62.7 Å². The summed E-state index contributed by atoms with van der Waals surface area (Å²) < 4.78 is 54.0. The van der Waals surface area contributed by atoms with Crippen molar-refractivity contribution in [1.82, 2.24) is 68.4 Å². The van der Waals surface area contributed by atoms with Crippen LogP contribution in [0.4, 0.5) is 5.82 Å². The lowest BCUT2D eigenvalue weighted by molar-refractivity contribution is -0.630. The van der Waals surface area contributed by atoms with Crippen molar-refractivity contribution < 1.29 is 80.4 Å². The largest absolute Gasteiger partial charge is 0.744 e. The molecule has 0 spiro atoms. The lowest BCUT2D eigenvalue weighted by Gasteiger charge is -2.14. The van der Waals surface area contributed by atoms with Crippen LogP contribution >= 0.6 is 23.2 Å². The van der Waals surface area contributed by atoms with Gasteiger partial charge in [0, 0.05) is 80.2 Å². The highest BCUT2D eigenvalue weighted by atomic mass is 35.5. The van der Waals surface area contributed by atoms with Crippen molar-refractivity contribution in [3.05, 3.63) is 146 Å². The third kappa shape index (κ3) is 29.1. The van der Waals surface area contributed by atoms with Crippen molar-refractivity contribution >= 4 is 102 Å². The van der Waals surface area contributed by atoms with Gasteiger partial charge in [0.25, 0.3) is 17.7 Å². The summed E-state index contributed by atoms with van der Waals surface area (Å²) in [6.45, 7) is 33.6. The molecule has 9 rings (SSSR count). The minimum atomic E-state index is -4.33. The average Bonchev–Trinajstić information content (AvgIpc) is 1.52. The number of carboxylic acids is 2. The second-order valence-corrected chi connectivity index (χ2v) is 27.2. The summed E-state index contributed by atoms with van der Waals surface area (Å²) in [5.41, 5.74) is 18.4. The van der Waals surface area contributed by atoms with Gasteiger partial charge in [0.1, 0.15) is 15.8 Å². The van der Waals surface area contributed by atoms with E-state index >= 15 is 0 Å². The minimum Gasteiger partial charge on any atom is -0.744 e. The molecule has 0 aliphatic heterocycles. The normalized spacial score (nSPS) is 12.2. The van der Waals surface area contributed by atoms with Gasteiger partial charge in [0.05, 0.1) is 97.5 Å². The summed E-state index contributed by atoms with van der Waals surface area (Å²) in [4.78, 5) is 119. The van der Waals surface area contributed by atoms with E-state index in [0.717, 1.165) is 69.2 Å². The monoisotopic (exact) mass is 1560 g/mol. The minimum absolute atomic E-state index is 0.0122. The molecule has 5 unspecified atom stereocenters. The van der Waals surface area contributed by atoms with E-state index in [4.69, 9.17) is 55.6 Å². The van der Waals surface area contributed by atoms with Gasteiger partial charge >= 0.3 is 23.9 Å². The molecule has 9 aromatic rings. The van der Waals surface area contributed by atoms with E-state index in [1.807, 2.05) is 88.3 Å². The number of aliphatic carboxylic acids is 2. The van der Waals surface area contributed by atoms with Crippen LogP contribution in [0.2, 0.25) is 0 Å². The maximum atomic E-state index is 11.9. The van der Waals surface area contributed by atoms with Crippen molar-refractivity contribution in [2.75, 3.05) is 38.7 Å². The lowest BCUT2D eigenvalue weighted by atomic mass is 10.1. The van der Waals surface area contributed by atoms with E-state index in [0.29, 0.717) is 56.9 Å². The number of benzene rings is 1. The Morgan fingerprint density at radius 1 is 0.556 bits per heavy atom. The summed E-state index contributed by atoms with van der Waals surface area (Å²) in [5, 5.41) is 28.4. The summed E-state index contributed by atoms with van der Waals surface area (Å²) in [6.07, 6.45) is 7.41. The summed E-state index contributed by atoms with van der Waals surface area (Å²) >= 11 is 10.5. The number of nitrogens with zero attached hydrogens (tertiary/aromatic N) is 16. The molecule has 0 aliphatic carbocycles. The number of anilines is 1. The summed E-state index contributed by atoms with van der Waals surface area (Å²) in [5.74, 6) is 9.21. The average molecular weight is 1560 g/mol. The van der Waals surface area contributed by atoms with Crippen LogP contribution in [0.1, 0.15) is 182 Å². The first-order valence-electron chi connectivity index (χ1n) is 33.1. The highest BCUT2D eigenvalue weighted by molar-refractivity contribution is 7.85. The zero-order chi connectivity index (χ0) is 82.7. The number of ether oxygens (including phenoxy) is 3. The molecular formula is C70H97Cl2N19O16S. The van der Waals surface area contributed by atoms with Crippen LogP contribution in [0.25, 0.3) is 16.9 Å². The number of rotatable bonds is 16. The zero-order valence-corrected chi connectivity index (χ0v) is 67.0. The Morgan fingerprint density at radius 3 is 1.25 bits per heavy atom. The Bertz CT molecular complexity index is 4610. The van der Waals surface area contributed by atoms with Gasteiger partial charge in [-0.25, -0.2) is 41.6 Å². The first kappa shape index (κ1) is 93.2. The van der Waals surface area contributed by atoms with Gasteiger partial charge in [-0.2, -0.15) is 20.3 Å². The van der Waals surface area contributed by atoms with Crippen LogP contribution in [0.5, 0.6) is 0 Å². The number of hydrogen-bond donors (Lipinski definition) is 5. The lowest BCUT2D eigenvalue weighted by Crippen LogP contribution is -2.50. The molecule has 0 fully saturated rings. The second-order valence-electron chi connectivity index (χ2n) is 25.1. The molecule has 35 nitrogen and oxygen atoms in total. The SMILES string of the molecule is CC(=O)O.COC(=O)CC(C)C(=O)Cl.COC(=O)CC(C)C(=O)N=c1c(C)ncc(C)n1N.COC(=O)CC(C)c1nc2c(C)ncc(C)n2n1.Cc1cc(C)c(S(=O)(=O)[O-])c(C)c1.Cc1ccc(C)[n+](N)c1N.Cc1ncc(C)n2nc(C(C)CC(=O)Cl)nc12.Cc1ncc(C)n2nc(C(C)CC(=O)O)nc12. The molecule has 0 radical (unpaired) electrons. The fourth-order valence-corrected chi connectivity index (χ4v) is 10.5. The molecule has 0 saturated carbocycles. The number of amides is 1. The zero-order valence-electron chi connectivity index (χ0n) is 64.7. The Kier molecular flexibility index (Phi) is 37.2. The van der Waals surface area contributed by atoms with Gasteiger partial charge in [-0.1, -0.05) is 52.3 Å². The van der Waals surface area contributed by atoms with Crippen LogP contribution in [-0.4, -0.2) is 159 Å². The first-order chi connectivity index (χ1) is 50.1. The van der Waals surface area contributed by atoms with Crippen molar-refractivity contribution in [2.24, 2.45) is 16.8 Å². The number of hydrogen-bond acceptors (Lipinski definition) is 27. The van der Waals surface area contributed by atoms with Crippen molar-refractivity contribution in [3.63, 3.8) is 0 Å². The topological polar surface area (TPSA) is 503 Å². The highest BCUT2D eigenvalue weighted by Gasteiger charge is 2.22. The Balaban J connectivity index is 0.000000429. The maximum absolute atomic E-state index is 11.9. The number of nitrogens with two attached hydrogens (primary N) is 3. The van der Waals surface area contributed by atoms with Gasteiger partial charge in [0.15, 0.2) is 39.9 Å². The molecule has 8 N–H and O–H groups in total. The second kappa shape index (κ2) is 43.1. The van der Waals surface area contributed by atoms with Gasteiger partial charge < -0.3 is 34.8 Å². The van der Waals surface area contributed by atoms with Gasteiger partial charge in [-0.3, -0.25) is 69.9 Å². The molecule has 8 aromatic heterocycles. The highest BCUT2D eigenvalue weighted by Crippen LogP contribution is 2.23. The fourth-order valence-electron chi connectivity index (χ4n) is 9.26. The predicted octanol–water partition coefficient (Wildman–Crippen LogP) is 7.01. The summed E-state index contributed by atoms with van der Waals surface area (Å²) in [7, 11) is -0.403. The number of aryl methyl sites for hydroxylation is 13. The van der Waals surface area contributed by atoms with E-state index in [1.54, 1.807) is 98.9 Å². The Morgan fingerprint density at radius 2 is 0.907 bits per heavy atom. The number of carbonyl (C=O) groups is 8. The molecule has 0 saturated heterocycles. The number of methoxy groups -OCH3 is 3. The van der Waals surface area contributed by atoms with E-state index in [1.165, 1.54) is 30.7 Å². The molecule has 38 heteroatoms. The number of esters is 3. The number of fused-ring (bicyclic) bond motifs is 3. The van der Waals surface area contributed by atoms with Gasteiger partial charge in [0.2, 0.25) is 10.5 Å². The quantitative estimate of drug-likeness (QED) is 0.0162. The van der Waals surface area contributed by atoms with E-state index < -0.39 is 57.0 Å². The fraction of sp³-hybridized carbons (Fsp3) is 0.457. The van der Waals surface area contributed by atoms with Crippen LogP contribution in [0, 0.1) is 102 Å². The number of aromatic nitrogens is 15. The van der Waals surface area contributed by atoms with Gasteiger partial charge in [-0.05, 0) is 130 Å². The smallest absolute Gasteiger partial charge is 0.306 e. The maximum Gasteiger partial charge on any atom is 0.306 e. The Hall–Kier alpha value is -10.9. The molecule has 8 heterocycles. The molecule has 5 atom stereocenters. The van der Waals surface area contributed by atoms with Crippen LogP contribution in [0.3, 0.4) is 0 Å². The van der Waals surface area contributed by atoms with Gasteiger partial charge in [-0.15, -0.1) is 4.68 Å². The number of nitrogen functional groups attached to an aromatic ring is 3. The number of pyridine rings is 1. The molecule has 0 bridgehead atoms. The number of carbonyl (C=O) groups excluding carboxylic acids is 6. The molecule has 1 aromatic carbocycles. The first-order valence-corrected chi connectivity index (χ1v) is 35.3. The number of halogens is 2. The molecule has 1 amide bonds. The molecular weight excluding hydrogens is 1470 g/mol. The molecule has 588 valence electrons.